The van der Waals surface area contributed by atoms with E-state index in [9.17, 15) is 9.59 Å². The largest absolute Gasteiger partial charge is 0.332 e. The zero-order chi connectivity index (χ0) is 17.5. The van der Waals surface area contributed by atoms with Crippen molar-refractivity contribution in [3.8, 4) is 0 Å². The van der Waals surface area contributed by atoms with E-state index >= 15 is 0 Å². The van der Waals surface area contributed by atoms with Gasteiger partial charge in [-0.2, -0.15) is 0 Å². The molecule has 0 N–H and O–H groups in total. The lowest BCUT2D eigenvalue weighted by molar-refractivity contribution is -0.132. The third kappa shape index (κ3) is 5.11. The number of ketones is 1. The molecule has 1 amide bonds. The fourth-order valence-electron chi connectivity index (χ4n) is 2.56. The number of rotatable bonds is 8. The van der Waals surface area contributed by atoms with Gasteiger partial charge < -0.3 is 4.90 Å². The summed E-state index contributed by atoms with van der Waals surface area (Å²) < 4.78 is 0. The summed E-state index contributed by atoms with van der Waals surface area (Å²) in [7, 11) is 0. The number of amides is 1. The Morgan fingerprint density at radius 3 is 1.88 bits per heavy atom. The van der Waals surface area contributed by atoms with Crippen LogP contribution in [0.15, 0.2) is 65.4 Å². The second-order valence-electron chi connectivity index (χ2n) is 5.70. The number of benzene rings is 1. The molecule has 128 valence electrons. The van der Waals surface area contributed by atoms with Crippen molar-refractivity contribution in [3.63, 3.8) is 0 Å². The van der Waals surface area contributed by atoms with Crippen molar-refractivity contribution in [1.82, 2.24) is 4.90 Å². The molecule has 2 heterocycles. The molecule has 3 aromatic rings. The van der Waals surface area contributed by atoms with Crippen molar-refractivity contribution in [3.05, 3.63) is 80.7 Å². The first-order valence-electron chi connectivity index (χ1n) is 8.13. The van der Waals surface area contributed by atoms with Gasteiger partial charge in [0, 0.05) is 28.2 Å². The first-order valence-corrected chi connectivity index (χ1v) is 9.89. The summed E-state index contributed by atoms with van der Waals surface area (Å²) in [6.45, 7) is 1.18. The Morgan fingerprint density at radius 1 is 0.760 bits per heavy atom. The van der Waals surface area contributed by atoms with Gasteiger partial charge in [-0.05, 0) is 22.9 Å². The van der Waals surface area contributed by atoms with Crippen LogP contribution in [0.4, 0.5) is 0 Å². The molecule has 0 saturated heterocycles. The first kappa shape index (κ1) is 17.6. The average Bonchev–Trinajstić information content (AvgIpc) is 3.33. The molecule has 2 aromatic heterocycles. The molecule has 0 bridgehead atoms. The quantitative estimate of drug-likeness (QED) is 0.524. The van der Waals surface area contributed by atoms with E-state index in [1.165, 1.54) is 0 Å². The molecular formula is C20H19NO2S2. The number of Topliss-reactive ketones (excluding diaryl/α,β-unsaturated/α-hetero) is 1. The topological polar surface area (TPSA) is 37.4 Å². The molecule has 0 aliphatic heterocycles. The van der Waals surface area contributed by atoms with Crippen LogP contribution in [-0.4, -0.2) is 16.6 Å². The van der Waals surface area contributed by atoms with Crippen molar-refractivity contribution in [2.45, 2.75) is 25.9 Å². The maximum Gasteiger partial charge on any atom is 0.223 e. The fraction of sp³-hybridized carbons (Fsp3) is 0.200. The third-order valence-electron chi connectivity index (χ3n) is 3.87. The van der Waals surface area contributed by atoms with E-state index in [1.807, 2.05) is 58.1 Å². The van der Waals surface area contributed by atoms with Crippen molar-refractivity contribution in [2.24, 2.45) is 0 Å². The smallest absolute Gasteiger partial charge is 0.223 e. The summed E-state index contributed by atoms with van der Waals surface area (Å²) in [4.78, 5) is 29.1. The standard InChI is InChI=1S/C20H19NO2S2/c22-19(16-6-2-1-3-7-16)10-11-20(23)21(14-17-8-4-12-24-17)15-18-9-5-13-25-18/h1-9,12-13H,10-11,14-15H2. The molecule has 0 saturated carbocycles. The van der Waals surface area contributed by atoms with Crippen LogP contribution in [0, 0.1) is 0 Å². The van der Waals surface area contributed by atoms with Gasteiger partial charge in [-0.1, -0.05) is 42.5 Å². The van der Waals surface area contributed by atoms with E-state index in [0.29, 0.717) is 18.7 Å². The van der Waals surface area contributed by atoms with Crippen LogP contribution < -0.4 is 0 Å². The Bertz CT molecular complexity index is 759. The number of hydrogen-bond acceptors (Lipinski definition) is 4. The van der Waals surface area contributed by atoms with E-state index in [2.05, 4.69) is 0 Å². The molecule has 0 spiro atoms. The Balaban J connectivity index is 1.62. The van der Waals surface area contributed by atoms with Gasteiger partial charge in [0.05, 0.1) is 13.1 Å². The van der Waals surface area contributed by atoms with Gasteiger partial charge in [-0.15, -0.1) is 22.7 Å². The predicted molar refractivity (Wildman–Crippen MR) is 103 cm³/mol. The molecule has 0 atom stereocenters. The minimum absolute atomic E-state index is 0.0150. The lowest BCUT2D eigenvalue weighted by Gasteiger charge is -2.21. The highest BCUT2D eigenvalue weighted by atomic mass is 32.1. The zero-order valence-corrected chi connectivity index (χ0v) is 15.4. The second-order valence-corrected chi connectivity index (χ2v) is 7.76. The summed E-state index contributed by atoms with van der Waals surface area (Å²) >= 11 is 3.29. The summed E-state index contributed by atoms with van der Waals surface area (Å²) in [6.07, 6.45) is 0.485. The van der Waals surface area contributed by atoms with E-state index < -0.39 is 0 Å². The average molecular weight is 370 g/mol. The Morgan fingerprint density at radius 2 is 1.36 bits per heavy atom. The molecule has 0 fully saturated rings. The lowest BCUT2D eigenvalue weighted by Crippen LogP contribution is -2.29. The molecule has 0 radical (unpaired) electrons. The maximum absolute atomic E-state index is 12.7. The second kappa shape index (κ2) is 8.74. The summed E-state index contributed by atoms with van der Waals surface area (Å²) in [5.41, 5.74) is 0.665. The predicted octanol–water partition coefficient (Wildman–Crippen LogP) is 5.00. The third-order valence-corrected chi connectivity index (χ3v) is 5.59. The van der Waals surface area contributed by atoms with Crippen molar-refractivity contribution >= 4 is 34.4 Å². The number of carbonyl (C=O) groups is 2. The summed E-state index contributed by atoms with van der Waals surface area (Å²) in [5, 5.41) is 4.03. The Kier molecular flexibility index (Phi) is 6.14. The highest BCUT2D eigenvalue weighted by Crippen LogP contribution is 2.18. The van der Waals surface area contributed by atoms with Crippen molar-refractivity contribution in [1.29, 1.82) is 0 Å². The van der Waals surface area contributed by atoms with Gasteiger partial charge >= 0.3 is 0 Å². The highest BCUT2D eigenvalue weighted by Gasteiger charge is 2.17. The molecule has 0 unspecified atom stereocenters. The lowest BCUT2D eigenvalue weighted by atomic mass is 10.1. The van der Waals surface area contributed by atoms with Gasteiger partial charge in [0.25, 0.3) is 0 Å². The van der Waals surface area contributed by atoms with E-state index in [4.69, 9.17) is 0 Å². The van der Waals surface area contributed by atoms with Crippen molar-refractivity contribution in [2.75, 3.05) is 0 Å². The normalized spacial score (nSPS) is 10.6. The summed E-state index contributed by atoms with van der Waals surface area (Å²) in [5.74, 6) is 0.0345. The molecule has 3 rings (SSSR count). The molecule has 25 heavy (non-hydrogen) atoms. The summed E-state index contributed by atoms with van der Waals surface area (Å²) in [6, 6.07) is 17.2. The van der Waals surface area contributed by atoms with Crippen LogP contribution >= 0.6 is 22.7 Å². The van der Waals surface area contributed by atoms with Crippen LogP contribution in [0.1, 0.15) is 33.0 Å². The highest BCUT2D eigenvalue weighted by molar-refractivity contribution is 7.10. The van der Waals surface area contributed by atoms with E-state index in [0.717, 1.165) is 9.75 Å². The maximum atomic E-state index is 12.7. The molecule has 1 aromatic carbocycles. The molecule has 0 aliphatic rings. The number of carbonyl (C=O) groups excluding carboxylic acids is 2. The van der Waals surface area contributed by atoms with Crippen LogP contribution in [0.25, 0.3) is 0 Å². The molecule has 3 nitrogen and oxygen atoms in total. The SMILES string of the molecule is O=C(CCC(=O)N(Cc1cccs1)Cc1cccs1)c1ccccc1. The first-order chi connectivity index (χ1) is 12.2. The Hall–Kier alpha value is -2.24. The monoisotopic (exact) mass is 369 g/mol. The van der Waals surface area contributed by atoms with E-state index in [-0.39, 0.29) is 24.5 Å². The van der Waals surface area contributed by atoms with Crippen molar-refractivity contribution < 1.29 is 9.59 Å². The van der Waals surface area contributed by atoms with Crippen LogP contribution in [0.2, 0.25) is 0 Å². The molecular weight excluding hydrogens is 350 g/mol. The van der Waals surface area contributed by atoms with Crippen LogP contribution in [0.3, 0.4) is 0 Å². The van der Waals surface area contributed by atoms with Crippen LogP contribution in [-0.2, 0) is 17.9 Å². The number of hydrogen-bond donors (Lipinski definition) is 0. The minimum atomic E-state index is 0.0150. The Labute approximate surface area is 155 Å². The number of nitrogens with zero attached hydrogens (tertiary/aromatic N) is 1. The minimum Gasteiger partial charge on any atom is -0.332 e. The molecule has 0 aliphatic carbocycles. The van der Waals surface area contributed by atoms with Gasteiger partial charge in [-0.3, -0.25) is 9.59 Å². The number of thiophene rings is 2. The van der Waals surface area contributed by atoms with Crippen LogP contribution in [0.5, 0.6) is 0 Å². The van der Waals surface area contributed by atoms with E-state index in [1.54, 1.807) is 34.8 Å². The fourth-order valence-corrected chi connectivity index (χ4v) is 4.00. The van der Waals surface area contributed by atoms with Gasteiger partial charge in [-0.25, -0.2) is 0 Å². The van der Waals surface area contributed by atoms with Gasteiger partial charge in [0.15, 0.2) is 5.78 Å². The molecule has 5 heteroatoms. The zero-order valence-electron chi connectivity index (χ0n) is 13.8. The van der Waals surface area contributed by atoms with Gasteiger partial charge in [0.1, 0.15) is 0 Å². The van der Waals surface area contributed by atoms with Gasteiger partial charge in [0.2, 0.25) is 5.91 Å².